The highest BCUT2D eigenvalue weighted by molar-refractivity contribution is 5.88. The number of hydrogen-bond acceptors (Lipinski definition) is 3. The average molecular weight is 271 g/mol. The Morgan fingerprint density at radius 3 is 2.58 bits per heavy atom. The summed E-state index contributed by atoms with van der Waals surface area (Å²) in [5.74, 6) is -1.28. The molecule has 0 atom stereocenters. The van der Waals surface area contributed by atoms with E-state index in [-0.39, 0.29) is 22.6 Å². The van der Waals surface area contributed by atoms with Gasteiger partial charge in [-0.2, -0.15) is 13.2 Å². The zero-order valence-electron chi connectivity index (χ0n) is 9.65. The Balaban J connectivity index is 2.51. The molecule has 19 heavy (non-hydrogen) atoms. The molecule has 0 spiro atoms. The van der Waals surface area contributed by atoms with Gasteiger partial charge in [0.2, 0.25) is 0 Å². The minimum absolute atomic E-state index is 0.0171. The Kier molecular flexibility index (Phi) is 3.05. The number of alkyl halides is 3. The molecule has 1 heterocycles. The van der Waals surface area contributed by atoms with Crippen molar-refractivity contribution >= 4 is 5.97 Å². The molecular formula is C12H8F3NO3. The number of halogens is 3. The first-order valence-corrected chi connectivity index (χ1v) is 5.18. The van der Waals surface area contributed by atoms with Crippen LogP contribution in [0.2, 0.25) is 0 Å². The van der Waals surface area contributed by atoms with Gasteiger partial charge < -0.3 is 9.63 Å². The monoisotopic (exact) mass is 271 g/mol. The van der Waals surface area contributed by atoms with Gasteiger partial charge in [-0.15, -0.1) is 0 Å². The maximum atomic E-state index is 12.6. The fourth-order valence-corrected chi connectivity index (χ4v) is 1.64. The molecule has 1 N–H and O–H groups in total. The SMILES string of the molecule is Cc1c(C(=O)O)noc1-c1cccc(C(F)(F)F)c1. The quantitative estimate of drug-likeness (QED) is 0.909. The molecule has 1 aromatic heterocycles. The van der Waals surface area contributed by atoms with Crippen molar-refractivity contribution in [2.45, 2.75) is 13.1 Å². The smallest absolute Gasteiger partial charge is 0.416 e. The van der Waals surface area contributed by atoms with Crippen LogP contribution >= 0.6 is 0 Å². The van der Waals surface area contributed by atoms with E-state index in [9.17, 15) is 18.0 Å². The van der Waals surface area contributed by atoms with Gasteiger partial charge in [-0.1, -0.05) is 17.3 Å². The van der Waals surface area contributed by atoms with Crippen LogP contribution < -0.4 is 0 Å². The number of benzene rings is 1. The summed E-state index contributed by atoms with van der Waals surface area (Å²) in [6.45, 7) is 1.43. The van der Waals surface area contributed by atoms with E-state index in [1.54, 1.807) is 0 Å². The van der Waals surface area contributed by atoms with Crippen molar-refractivity contribution in [3.05, 3.63) is 41.1 Å². The molecular weight excluding hydrogens is 263 g/mol. The Hall–Kier alpha value is -2.31. The van der Waals surface area contributed by atoms with Crippen LogP contribution in [-0.2, 0) is 6.18 Å². The fourth-order valence-electron chi connectivity index (χ4n) is 1.64. The largest absolute Gasteiger partial charge is 0.476 e. The van der Waals surface area contributed by atoms with E-state index in [2.05, 4.69) is 5.16 Å². The van der Waals surface area contributed by atoms with Crippen molar-refractivity contribution in [1.82, 2.24) is 5.16 Å². The molecule has 7 heteroatoms. The van der Waals surface area contributed by atoms with Crippen LogP contribution in [0.4, 0.5) is 13.2 Å². The molecule has 100 valence electrons. The van der Waals surface area contributed by atoms with Gasteiger partial charge >= 0.3 is 12.1 Å². The van der Waals surface area contributed by atoms with Gasteiger partial charge in [0.25, 0.3) is 0 Å². The van der Waals surface area contributed by atoms with E-state index < -0.39 is 17.7 Å². The van der Waals surface area contributed by atoms with E-state index in [1.807, 2.05) is 0 Å². The number of aromatic carboxylic acids is 1. The number of aromatic nitrogens is 1. The summed E-state index contributed by atoms with van der Waals surface area (Å²) >= 11 is 0. The fraction of sp³-hybridized carbons (Fsp3) is 0.167. The van der Waals surface area contributed by atoms with E-state index >= 15 is 0 Å². The molecule has 0 bridgehead atoms. The molecule has 0 saturated carbocycles. The lowest BCUT2D eigenvalue weighted by Gasteiger charge is -2.07. The Morgan fingerprint density at radius 2 is 2.05 bits per heavy atom. The summed E-state index contributed by atoms with van der Waals surface area (Å²) in [6.07, 6.45) is -4.47. The van der Waals surface area contributed by atoms with Gasteiger partial charge in [-0.05, 0) is 19.1 Å². The second-order valence-electron chi connectivity index (χ2n) is 3.87. The van der Waals surface area contributed by atoms with Crippen molar-refractivity contribution in [3.63, 3.8) is 0 Å². The predicted octanol–water partition coefficient (Wildman–Crippen LogP) is 3.37. The van der Waals surface area contributed by atoms with E-state index in [4.69, 9.17) is 9.63 Å². The molecule has 0 fully saturated rings. The summed E-state index contributed by atoms with van der Waals surface area (Å²) in [4.78, 5) is 10.8. The molecule has 0 saturated heterocycles. The molecule has 4 nitrogen and oxygen atoms in total. The number of carbonyl (C=O) groups is 1. The average Bonchev–Trinajstić information content (AvgIpc) is 2.70. The van der Waals surface area contributed by atoms with Crippen LogP contribution in [0.3, 0.4) is 0 Å². The lowest BCUT2D eigenvalue weighted by atomic mass is 10.0. The highest BCUT2D eigenvalue weighted by atomic mass is 19.4. The van der Waals surface area contributed by atoms with Crippen molar-refractivity contribution in [2.24, 2.45) is 0 Å². The first-order valence-electron chi connectivity index (χ1n) is 5.18. The minimum atomic E-state index is -4.47. The molecule has 2 rings (SSSR count). The van der Waals surface area contributed by atoms with Gasteiger partial charge in [0.15, 0.2) is 11.5 Å². The predicted molar refractivity (Wildman–Crippen MR) is 58.6 cm³/mol. The van der Waals surface area contributed by atoms with Crippen molar-refractivity contribution < 1.29 is 27.6 Å². The van der Waals surface area contributed by atoms with Crippen LogP contribution in [0.15, 0.2) is 28.8 Å². The third-order valence-electron chi connectivity index (χ3n) is 2.58. The molecule has 0 radical (unpaired) electrons. The zero-order valence-corrected chi connectivity index (χ0v) is 9.65. The van der Waals surface area contributed by atoms with Crippen molar-refractivity contribution in [1.29, 1.82) is 0 Å². The molecule has 0 aliphatic heterocycles. The third kappa shape index (κ3) is 2.44. The van der Waals surface area contributed by atoms with E-state index in [0.29, 0.717) is 0 Å². The number of nitrogens with zero attached hydrogens (tertiary/aromatic N) is 1. The van der Waals surface area contributed by atoms with Gasteiger partial charge in [0.05, 0.1) is 5.56 Å². The van der Waals surface area contributed by atoms with Gasteiger partial charge in [-0.3, -0.25) is 0 Å². The Labute approximate surface area is 105 Å². The number of carboxylic acid groups (broad SMARTS) is 1. The summed E-state index contributed by atoms with van der Waals surface area (Å²) in [6, 6.07) is 4.43. The van der Waals surface area contributed by atoms with E-state index in [0.717, 1.165) is 12.1 Å². The molecule has 0 aliphatic rings. The number of carboxylic acids is 1. The lowest BCUT2D eigenvalue weighted by Crippen LogP contribution is -2.04. The van der Waals surface area contributed by atoms with Crippen LogP contribution in [0.5, 0.6) is 0 Å². The second kappa shape index (κ2) is 4.42. The third-order valence-corrected chi connectivity index (χ3v) is 2.58. The lowest BCUT2D eigenvalue weighted by molar-refractivity contribution is -0.137. The van der Waals surface area contributed by atoms with Gasteiger partial charge in [-0.25, -0.2) is 4.79 Å². The van der Waals surface area contributed by atoms with Crippen LogP contribution in [0.1, 0.15) is 21.6 Å². The standard InChI is InChI=1S/C12H8F3NO3/c1-6-9(11(17)18)16-19-10(6)7-3-2-4-8(5-7)12(13,14)15/h2-5H,1H3,(H,17,18). The summed E-state index contributed by atoms with van der Waals surface area (Å²) in [7, 11) is 0. The maximum Gasteiger partial charge on any atom is 0.416 e. The molecule has 2 aromatic rings. The number of hydrogen-bond donors (Lipinski definition) is 1. The van der Waals surface area contributed by atoms with Gasteiger partial charge in [0.1, 0.15) is 0 Å². The Bertz CT molecular complexity index is 631. The minimum Gasteiger partial charge on any atom is -0.476 e. The molecule has 0 amide bonds. The first-order chi connectivity index (χ1) is 8.80. The van der Waals surface area contributed by atoms with E-state index in [1.165, 1.54) is 19.1 Å². The molecule has 0 aliphatic carbocycles. The van der Waals surface area contributed by atoms with Crippen LogP contribution in [0.25, 0.3) is 11.3 Å². The number of rotatable bonds is 2. The molecule has 0 unspecified atom stereocenters. The van der Waals surface area contributed by atoms with Crippen molar-refractivity contribution in [3.8, 4) is 11.3 Å². The first kappa shape index (κ1) is 13.1. The highest BCUT2D eigenvalue weighted by Gasteiger charge is 2.31. The maximum absolute atomic E-state index is 12.6. The second-order valence-corrected chi connectivity index (χ2v) is 3.87. The Morgan fingerprint density at radius 1 is 1.37 bits per heavy atom. The van der Waals surface area contributed by atoms with Crippen LogP contribution in [-0.4, -0.2) is 16.2 Å². The normalized spacial score (nSPS) is 11.6. The van der Waals surface area contributed by atoms with Crippen LogP contribution in [0, 0.1) is 6.92 Å². The van der Waals surface area contributed by atoms with Gasteiger partial charge in [0, 0.05) is 11.1 Å². The topological polar surface area (TPSA) is 63.3 Å². The summed E-state index contributed by atoms with van der Waals surface area (Å²) in [5.41, 5.74) is -0.829. The summed E-state index contributed by atoms with van der Waals surface area (Å²) in [5, 5.41) is 12.1. The summed E-state index contributed by atoms with van der Waals surface area (Å²) < 4.78 is 42.5. The zero-order chi connectivity index (χ0) is 14.2. The van der Waals surface area contributed by atoms with Crippen molar-refractivity contribution in [2.75, 3.05) is 0 Å². The highest BCUT2D eigenvalue weighted by Crippen LogP contribution is 2.33. The molecule has 1 aromatic carbocycles.